The molecule has 0 aliphatic heterocycles. The van der Waals surface area contributed by atoms with Crippen LogP contribution in [0.25, 0.3) is 0 Å². The topological polar surface area (TPSA) is 17.1 Å². The lowest BCUT2D eigenvalue weighted by Crippen LogP contribution is -2.07. The van der Waals surface area contributed by atoms with Gasteiger partial charge in [0, 0.05) is 5.56 Å². The minimum Gasteiger partial charge on any atom is -0.288 e. The van der Waals surface area contributed by atoms with Crippen molar-refractivity contribution in [1.82, 2.24) is 0 Å². The third-order valence-electron chi connectivity index (χ3n) is 2.23. The van der Waals surface area contributed by atoms with Gasteiger partial charge in [0.2, 0.25) is 0 Å². The van der Waals surface area contributed by atoms with Crippen molar-refractivity contribution in [2.75, 3.05) is 0 Å². The molecule has 0 amide bonds. The largest absolute Gasteiger partial charge is 0.288 e. The van der Waals surface area contributed by atoms with E-state index in [-0.39, 0.29) is 5.56 Å². The molecule has 0 aliphatic carbocycles. The van der Waals surface area contributed by atoms with Crippen LogP contribution in [0.2, 0.25) is 0 Å². The first-order chi connectivity index (χ1) is 7.70. The summed E-state index contributed by atoms with van der Waals surface area (Å²) in [7, 11) is 0. The van der Waals surface area contributed by atoms with Crippen LogP contribution in [0.15, 0.2) is 48.5 Å². The van der Waals surface area contributed by atoms with Crippen LogP contribution in [0.3, 0.4) is 0 Å². The lowest BCUT2D eigenvalue weighted by atomic mass is 10.0. The Hall–Kier alpha value is -2.03. The Balaban J connectivity index is 2.50. The SMILES string of the molecule is O=C(c1ccccc1)c1c(F)cccc1F. The van der Waals surface area contributed by atoms with Crippen LogP contribution in [-0.2, 0) is 0 Å². The van der Waals surface area contributed by atoms with Gasteiger partial charge in [-0.2, -0.15) is 0 Å². The van der Waals surface area contributed by atoms with Crippen molar-refractivity contribution >= 4 is 5.78 Å². The molecule has 0 radical (unpaired) electrons. The van der Waals surface area contributed by atoms with Crippen molar-refractivity contribution in [2.45, 2.75) is 0 Å². The summed E-state index contributed by atoms with van der Waals surface area (Å²) >= 11 is 0. The molecular formula is C13H8F2O. The molecule has 0 unspecified atom stereocenters. The highest BCUT2D eigenvalue weighted by molar-refractivity contribution is 6.09. The van der Waals surface area contributed by atoms with Crippen LogP contribution >= 0.6 is 0 Å². The van der Waals surface area contributed by atoms with Crippen molar-refractivity contribution in [3.05, 3.63) is 71.3 Å². The van der Waals surface area contributed by atoms with Gasteiger partial charge >= 0.3 is 0 Å². The maximum absolute atomic E-state index is 13.3. The van der Waals surface area contributed by atoms with Crippen molar-refractivity contribution in [1.29, 1.82) is 0 Å². The monoisotopic (exact) mass is 218 g/mol. The molecule has 3 heteroatoms. The maximum atomic E-state index is 13.3. The number of ketones is 1. The highest BCUT2D eigenvalue weighted by Gasteiger charge is 2.17. The second-order valence-electron chi connectivity index (χ2n) is 3.29. The van der Waals surface area contributed by atoms with Crippen molar-refractivity contribution in [3.63, 3.8) is 0 Å². The predicted octanol–water partition coefficient (Wildman–Crippen LogP) is 3.20. The summed E-state index contributed by atoms with van der Waals surface area (Å²) < 4.78 is 26.7. The molecule has 0 saturated carbocycles. The minimum absolute atomic E-state index is 0.270. The Morgan fingerprint density at radius 2 is 1.38 bits per heavy atom. The molecule has 1 nitrogen and oxygen atoms in total. The maximum Gasteiger partial charge on any atom is 0.198 e. The lowest BCUT2D eigenvalue weighted by molar-refractivity contribution is 0.103. The molecule has 0 fully saturated rings. The Kier molecular flexibility index (Phi) is 2.77. The van der Waals surface area contributed by atoms with E-state index < -0.39 is 23.0 Å². The number of hydrogen-bond acceptors (Lipinski definition) is 1. The fourth-order valence-electron chi connectivity index (χ4n) is 1.45. The number of carbonyl (C=O) groups excluding carboxylic acids is 1. The third kappa shape index (κ3) is 1.84. The number of benzene rings is 2. The Labute approximate surface area is 91.3 Å². The smallest absolute Gasteiger partial charge is 0.198 e. The van der Waals surface area contributed by atoms with Gasteiger partial charge in [-0.05, 0) is 12.1 Å². The minimum atomic E-state index is -0.839. The molecular weight excluding hydrogens is 210 g/mol. The van der Waals surface area contributed by atoms with Crippen LogP contribution in [-0.4, -0.2) is 5.78 Å². The number of carbonyl (C=O) groups is 1. The van der Waals surface area contributed by atoms with Crippen LogP contribution in [0.1, 0.15) is 15.9 Å². The van der Waals surface area contributed by atoms with E-state index in [9.17, 15) is 13.6 Å². The van der Waals surface area contributed by atoms with Gasteiger partial charge in [-0.25, -0.2) is 8.78 Å². The molecule has 0 aromatic heterocycles. The van der Waals surface area contributed by atoms with Gasteiger partial charge in [-0.3, -0.25) is 4.79 Å². The number of rotatable bonds is 2. The third-order valence-corrected chi connectivity index (χ3v) is 2.23. The van der Waals surface area contributed by atoms with E-state index in [1.54, 1.807) is 18.2 Å². The number of hydrogen-bond donors (Lipinski definition) is 0. The zero-order valence-corrected chi connectivity index (χ0v) is 8.28. The molecule has 80 valence electrons. The molecule has 0 atom stereocenters. The van der Waals surface area contributed by atoms with Crippen LogP contribution in [0, 0.1) is 11.6 Å². The Bertz CT molecular complexity index is 500. The normalized spacial score (nSPS) is 10.1. The average Bonchev–Trinajstić information content (AvgIpc) is 2.30. The molecule has 2 aromatic rings. The van der Waals surface area contributed by atoms with Gasteiger partial charge in [-0.1, -0.05) is 36.4 Å². The van der Waals surface area contributed by atoms with E-state index in [2.05, 4.69) is 0 Å². The summed E-state index contributed by atoms with van der Waals surface area (Å²) in [6.07, 6.45) is 0. The first kappa shape index (κ1) is 10.5. The summed E-state index contributed by atoms with van der Waals surface area (Å²) in [5.74, 6) is -2.32. The molecule has 2 aromatic carbocycles. The second kappa shape index (κ2) is 4.23. The zero-order valence-electron chi connectivity index (χ0n) is 8.28. The van der Waals surface area contributed by atoms with Crippen molar-refractivity contribution < 1.29 is 13.6 Å². The summed E-state index contributed by atoms with van der Waals surface area (Å²) in [6.45, 7) is 0. The fraction of sp³-hybridized carbons (Fsp3) is 0. The quantitative estimate of drug-likeness (QED) is 0.707. The summed E-state index contributed by atoms with van der Waals surface area (Å²) in [4.78, 5) is 11.8. The molecule has 0 saturated heterocycles. The lowest BCUT2D eigenvalue weighted by Gasteiger charge is -2.03. The van der Waals surface area contributed by atoms with Crippen LogP contribution in [0.5, 0.6) is 0 Å². The predicted molar refractivity (Wildman–Crippen MR) is 56.2 cm³/mol. The summed E-state index contributed by atoms with van der Waals surface area (Å²) in [6, 6.07) is 11.4. The van der Waals surface area contributed by atoms with E-state index in [0.29, 0.717) is 0 Å². The zero-order chi connectivity index (χ0) is 11.5. The van der Waals surface area contributed by atoms with Gasteiger partial charge in [0.1, 0.15) is 11.6 Å². The molecule has 0 spiro atoms. The van der Waals surface area contributed by atoms with Crippen LogP contribution in [0.4, 0.5) is 8.78 Å². The van der Waals surface area contributed by atoms with Gasteiger partial charge in [0.15, 0.2) is 5.78 Å². The Morgan fingerprint density at radius 1 is 0.812 bits per heavy atom. The highest BCUT2D eigenvalue weighted by atomic mass is 19.1. The highest BCUT2D eigenvalue weighted by Crippen LogP contribution is 2.16. The van der Waals surface area contributed by atoms with Gasteiger partial charge < -0.3 is 0 Å². The van der Waals surface area contributed by atoms with E-state index in [1.165, 1.54) is 18.2 Å². The van der Waals surface area contributed by atoms with Crippen molar-refractivity contribution in [3.8, 4) is 0 Å². The van der Waals surface area contributed by atoms with E-state index in [0.717, 1.165) is 12.1 Å². The van der Waals surface area contributed by atoms with Crippen molar-refractivity contribution in [2.24, 2.45) is 0 Å². The molecule has 0 bridgehead atoms. The fourth-order valence-corrected chi connectivity index (χ4v) is 1.45. The molecule has 0 aliphatic rings. The molecule has 0 N–H and O–H groups in total. The Morgan fingerprint density at radius 3 is 1.94 bits per heavy atom. The number of halogens is 2. The standard InChI is InChI=1S/C13H8F2O/c14-10-7-4-8-11(15)12(10)13(16)9-5-2-1-3-6-9/h1-8H. The van der Waals surface area contributed by atoms with Gasteiger partial charge in [0.05, 0.1) is 5.56 Å². The average molecular weight is 218 g/mol. The first-order valence-corrected chi connectivity index (χ1v) is 4.74. The van der Waals surface area contributed by atoms with E-state index >= 15 is 0 Å². The van der Waals surface area contributed by atoms with E-state index in [1.807, 2.05) is 0 Å². The van der Waals surface area contributed by atoms with Gasteiger partial charge in [-0.15, -0.1) is 0 Å². The van der Waals surface area contributed by atoms with E-state index in [4.69, 9.17) is 0 Å². The van der Waals surface area contributed by atoms with Crippen LogP contribution < -0.4 is 0 Å². The summed E-state index contributed by atoms with van der Waals surface area (Å²) in [5, 5.41) is 0. The second-order valence-corrected chi connectivity index (χ2v) is 3.29. The first-order valence-electron chi connectivity index (χ1n) is 4.74. The van der Waals surface area contributed by atoms with Gasteiger partial charge in [0.25, 0.3) is 0 Å². The summed E-state index contributed by atoms with van der Waals surface area (Å²) in [5.41, 5.74) is -0.236. The molecule has 16 heavy (non-hydrogen) atoms. The molecule has 0 heterocycles. The molecule has 2 rings (SSSR count).